The fourth-order valence-electron chi connectivity index (χ4n) is 1.84. The maximum Gasteiger partial charge on any atom is 0.341 e. The third-order valence-electron chi connectivity index (χ3n) is 2.83. The average Bonchev–Trinajstić information content (AvgIpc) is 2.44. The molecule has 2 rings (SSSR count). The van der Waals surface area contributed by atoms with Gasteiger partial charge in [-0.15, -0.1) is 33.2 Å². The summed E-state index contributed by atoms with van der Waals surface area (Å²) in [6.45, 7) is 0.575. The summed E-state index contributed by atoms with van der Waals surface area (Å²) < 4.78 is 5.64. The molecule has 106 valence electrons. The first-order chi connectivity index (χ1) is 9.54. The molecule has 0 radical (unpaired) electrons. The minimum Gasteiger partial charge on any atom is -0.494 e. The lowest BCUT2D eigenvalue weighted by molar-refractivity contribution is 0.317. The lowest BCUT2D eigenvalue weighted by atomic mass is 10.1. The van der Waals surface area contributed by atoms with Gasteiger partial charge in [0.1, 0.15) is 5.75 Å². The Balaban J connectivity index is 1.86. The normalized spacial score (nSPS) is 11.3. The molecule has 0 atom stereocenters. The van der Waals surface area contributed by atoms with Crippen molar-refractivity contribution in [2.45, 2.75) is 12.5 Å². The van der Waals surface area contributed by atoms with Gasteiger partial charge >= 0.3 is 6.00 Å². The van der Waals surface area contributed by atoms with Crippen LogP contribution in [-0.4, -0.2) is 12.6 Å². The number of hydrogen-bond acceptors (Lipinski definition) is 1. The maximum atomic E-state index is 5.82. The summed E-state index contributed by atoms with van der Waals surface area (Å²) >= 11 is 17.5. The zero-order valence-electron chi connectivity index (χ0n) is 10.9. The number of hydrogen-bond donors (Lipinski definition) is 0. The number of benzene rings is 2. The minimum atomic E-state index is -2.51. The van der Waals surface area contributed by atoms with Gasteiger partial charge in [-0.1, -0.05) is 42.5 Å². The highest BCUT2D eigenvalue weighted by molar-refractivity contribution is 7.64. The molecule has 0 saturated heterocycles. The van der Waals surface area contributed by atoms with Gasteiger partial charge in [0.05, 0.1) is 6.61 Å². The Morgan fingerprint density at radius 3 is 2.00 bits per heavy atom. The minimum absolute atomic E-state index is 0.575. The van der Waals surface area contributed by atoms with Gasteiger partial charge in [0.2, 0.25) is 0 Å². The third kappa shape index (κ3) is 5.37. The smallest absolute Gasteiger partial charge is 0.341 e. The molecule has 0 unspecified atom stereocenters. The van der Waals surface area contributed by atoms with E-state index in [4.69, 9.17) is 38.0 Å². The molecule has 0 aliphatic heterocycles. The predicted octanol–water partition coefficient (Wildman–Crippen LogP) is 5.78. The first-order valence-electron chi connectivity index (χ1n) is 6.40. The van der Waals surface area contributed by atoms with Gasteiger partial charge in [-0.25, -0.2) is 0 Å². The molecular formula is C15H15Cl3OSi. The molecular weight excluding hydrogens is 331 g/mol. The highest BCUT2D eigenvalue weighted by Crippen LogP contribution is 2.27. The van der Waals surface area contributed by atoms with E-state index in [1.807, 2.05) is 42.5 Å². The summed E-state index contributed by atoms with van der Waals surface area (Å²) in [5, 5.41) is 0. The van der Waals surface area contributed by atoms with Crippen molar-refractivity contribution >= 4 is 39.2 Å². The van der Waals surface area contributed by atoms with Crippen LogP contribution < -0.4 is 4.74 Å². The van der Waals surface area contributed by atoms with Gasteiger partial charge in [-0.3, -0.25) is 0 Å². The molecule has 0 amide bonds. The van der Waals surface area contributed by atoms with E-state index in [9.17, 15) is 0 Å². The van der Waals surface area contributed by atoms with Crippen molar-refractivity contribution < 1.29 is 4.74 Å². The fraction of sp³-hybridized carbons (Fsp3) is 0.200. The topological polar surface area (TPSA) is 9.23 Å². The number of rotatable bonds is 6. The van der Waals surface area contributed by atoms with Gasteiger partial charge in [0.25, 0.3) is 0 Å². The zero-order valence-corrected chi connectivity index (χ0v) is 14.1. The van der Waals surface area contributed by atoms with Crippen molar-refractivity contribution in [3.8, 4) is 16.9 Å². The van der Waals surface area contributed by atoms with Crippen molar-refractivity contribution in [3.05, 3.63) is 54.6 Å². The molecule has 20 heavy (non-hydrogen) atoms. The fourth-order valence-corrected chi connectivity index (χ4v) is 3.58. The van der Waals surface area contributed by atoms with E-state index >= 15 is 0 Å². The first-order valence-corrected chi connectivity index (χ1v) is 11.6. The predicted molar refractivity (Wildman–Crippen MR) is 90.1 cm³/mol. The quantitative estimate of drug-likeness (QED) is 0.366. The highest BCUT2D eigenvalue weighted by Gasteiger charge is 2.23. The van der Waals surface area contributed by atoms with Crippen LogP contribution in [0.2, 0.25) is 6.04 Å². The molecule has 1 nitrogen and oxygen atoms in total. The van der Waals surface area contributed by atoms with Gasteiger partial charge in [0.15, 0.2) is 0 Å². The highest BCUT2D eigenvalue weighted by atomic mass is 35.8. The van der Waals surface area contributed by atoms with E-state index in [1.54, 1.807) is 0 Å². The molecule has 0 aromatic heterocycles. The summed E-state index contributed by atoms with van der Waals surface area (Å²) in [5.41, 5.74) is 2.37. The van der Waals surface area contributed by atoms with Gasteiger partial charge in [0, 0.05) is 0 Å². The van der Waals surface area contributed by atoms with Crippen LogP contribution >= 0.6 is 33.2 Å². The van der Waals surface area contributed by atoms with Crippen LogP contribution in [-0.2, 0) is 0 Å². The maximum absolute atomic E-state index is 5.82. The van der Waals surface area contributed by atoms with Crippen LogP contribution in [0.5, 0.6) is 5.75 Å². The first kappa shape index (κ1) is 15.7. The lowest BCUT2D eigenvalue weighted by Crippen LogP contribution is -2.10. The second kappa shape index (κ2) is 7.37. The van der Waals surface area contributed by atoms with Crippen LogP contribution in [0.1, 0.15) is 6.42 Å². The van der Waals surface area contributed by atoms with Crippen LogP contribution in [0, 0.1) is 0 Å². The van der Waals surface area contributed by atoms with E-state index in [1.165, 1.54) is 11.1 Å². The Labute approximate surface area is 134 Å². The van der Waals surface area contributed by atoms with E-state index in [0.29, 0.717) is 12.7 Å². The van der Waals surface area contributed by atoms with Crippen molar-refractivity contribution in [2.75, 3.05) is 6.61 Å². The molecule has 0 aliphatic carbocycles. The summed E-state index contributed by atoms with van der Waals surface area (Å²) in [5.74, 6) is 0.843. The third-order valence-corrected chi connectivity index (χ3v) is 5.46. The van der Waals surface area contributed by atoms with Crippen LogP contribution in [0.4, 0.5) is 0 Å². The molecule has 0 bridgehead atoms. The average molecular weight is 346 g/mol. The van der Waals surface area contributed by atoms with E-state index in [2.05, 4.69) is 12.1 Å². The molecule has 0 aliphatic rings. The molecule has 5 heteroatoms. The SMILES string of the molecule is Cl[Si](Cl)(Cl)CCCOc1ccc(-c2ccccc2)cc1. The Kier molecular flexibility index (Phi) is 5.79. The van der Waals surface area contributed by atoms with Crippen molar-refractivity contribution in [2.24, 2.45) is 0 Å². The summed E-state index contributed by atoms with van der Waals surface area (Å²) in [6, 6.07) is 16.4. The van der Waals surface area contributed by atoms with Crippen LogP contribution in [0.25, 0.3) is 11.1 Å². The summed E-state index contributed by atoms with van der Waals surface area (Å²) in [7, 11) is 0. The van der Waals surface area contributed by atoms with Crippen molar-refractivity contribution in [1.29, 1.82) is 0 Å². The number of halogens is 3. The van der Waals surface area contributed by atoms with E-state index < -0.39 is 6.00 Å². The Bertz CT molecular complexity index is 523. The van der Waals surface area contributed by atoms with Crippen LogP contribution in [0.15, 0.2) is 54.6 Å². The Morgan fingerprint density at radius 1 is 0.800 bits per heavy atom. The van der Waals surface area contributed by atoms with Gasteiger partial charge in [-0.2, -0.15) is 0 Å². The standard InChI is InChI=1S/C15H15Cl3OSi/c16-20(17,18)12-4-11-19-15-9-7-14(8-10-15)13-5-2-1-3-6-13/h1-3,5-10H,4,11-12H2. The van der Waals surface area contributed by atoms with E-state index in [-0.39, 0.29) is 0 Å². The largest absolute Gasteiger partial charge is 0.494 e. The van der Waals surface area contributed by atoms with Crippen molar-refractivity contribution in [1.82, 2.24) is 0 Å². The molecule has 0 saturated carbocycles. The molecule has 2 aromatic carbocycles. The van der Waals surface area contributed by atoms with Crippen LogP contribution in [0.3, 0.4) is 0 Å². The number of ether oxygens (including phenoxy) is 1. The van der Waals surface area contributed by atoms with Gasteiger partial charge in [-0.05, 0) is 35.7 Å². The van der Waals surface area contributed by atoms with Crippen molar-refractivity contribution in [3.63, 3.8) is 0 Å². The lowest BCUT2D eigenvalue weighted by Gasteiger charge is -2.09. The molecule has 2 aromatic rings. The van der Waals surface area contributed by atoms with Gasteiger partial charge < -0.3 is 4.74 Å². The van der Waals surface area contributed by atoms with E-state index in [0.717, 1.165) is 12.2 Å². The zero-order chi connectivity index (χ0) is 14.4. The Hall–Kier alpha value is -0.673. The molecule has 0 spiro atoms. The Morgan fingerprint density at radius 2 is 1.40 bits per heavy atom. The molecule has 0 N–H and O–H groups in total. The summed E-state index contributed by atoms with van der Waals surface area (Å²) in [6.07, 6.45) is 0.767. The molecule has 0 heterocycles. The second-order valence-corrected chi connectivity index (χ2v) is 13.7. The molecule has 0 fully saturated rings. The second-order valence-electron chi connectivity index (χ2n) is 4.46. The monoisotopic (exact) mass is 344 g/mol. The summed E-state index contributed by atoms with van der Waals surface area (Å²) in [4.78, 5) is 0.